The van der Waals surface area contributed by atoms with E-state index < -0.39 is 12.1 Å². The van der Waals surface area contributed by atoms with Gasteiger partial charge in [0.1, 0.15) is 11.5 Å². The summed E-state index contributed by atoms with van der Waals surface area (Å²) in [6.45, 7) is 6.07. The molecule has 3 fully saturated rings. The number of fused-ring (bicyclic) bond motifs is 5. The number of rotatable bonds is 5. The minimum absolute atomic E-state index is 0.139. The van der Waals surface area contributed by atoms with E-state index in [0.29, 0.717) is 17.2 Å². The number of aromatic nitrogens is 1. The second kappa shape index (κ2) is 10.8. The molecule has 1 aromatic heterocycles. The lowest BCUT2D eigenvalue weighted by atomic mass is 9.73. The van der Waals surface area contributed by atoms with E-state index >= 15 is 0 Å². The van der Waals surface area contributed by atoms with E-state index in [2.05, 4.69) is 22.5 Å². The monoisotopic (exact) mass is 512 g/mol. The van der Waals surface area contributed by atoms with Crippen molar-refractivity contribution >= 4 is 27.6 Å². The first kappa shape index (κ1) is 25.7. The molecule has 196 valence electrons. The third-order valence-electron chi connectivity index (χ3n) is 7.91. The molecule has 0 radical (unpaired) electrons. The predicted octanol–water partition coefficient (Wildman–Crippen LogP) is 5.42. The number of aliphatic hydroxyl groups is 1. The number of aromatic carboxylic acids is 1. The van der Waals surface area contributed by atoms with Crippen molar-refractivity contribution in [3.8, 4) is 11.5 Å². The van der Waals surface area contributed by atoms with Crippen LogP contribution in [0, 0.1) is 11.8 Å². The Kier molecular flexibility index (Phi) is 7.31. The number of aromatic hydroxyl groups is 1. The molecule has 3 N–H and O–H groups in total. The molecule has 4 aromatic rings. The first-order valence-electron chi connectivity index (χ1n) is 12.8. The fourth-order valence-corrected chi connectivity index (χ4v) is 5.90. The Hall–Kier alpha value is -3.94. The number of carboxylic acid groups (broad SMARTS) is 1. The number of hydrogen-bond donors (Lipinski definition) is 3. The van der Waals surface area contributed by atoms with Crippen LogP contribution >= 0.6 is 0 Å². The van der Waals surface area contributed by atoms with Crippen molar-refractivity contribution in [1.82, 2.24) is 9.88 Å². The summed E-state index contributed by atoms with van der Waals surface area (Å²) in [5.41, 5.74) is 2.10. The Morgan fingerprint density at radius 2 is 2.00 bits per heavy atom. The molecule has 3 saturated heterocycles. The number of carbonyl (C=O) groups is 1. The zero-order chi connectivity index (χ0) is 26.8. The molecule has 3 aliphatic heterocycles. The van der Waals surface area contributed by atoms with Crippen molar-refractivity contribution in [2.45, 2.75) is 25.0 Å². The van der Waals surface area contributed by atoms with Crippen LogP contribution in [0.3, 0.4) is 0 Å². The van der Waals surface area contributed by atoms with Gasteiger partial charge in [0, 0.05) is 24.2 Å². The summed E-state index contributed by atoms with van der Waals surface area (Å²) in [5, 5.41) is 31.6. The van der Waals surface area contributed by atoms with Crippen molar-refractivity contribution in [2.75, 3.05) is 20.2 Å². The summed E-state index contributed by atoms with van der Waals surface area (Å²) in [4.78, 5) is 17.7. The molecule has 38 heavy (non-hydrogen) atoms. The lowest BCUT2D eigenvalue weighted by Gasteiger charge is -2.50. The summed E-state index contributed by atoms with van der Waals surface area (Å²) < 4.78 is 5.35. The number of hydrogen-bond acceptors (Lipinski definition) is 6. The van der Waals surface area contributed by atoms with Gasteiger partial charge in [-0.25, -0.2) is 4.79 Å². The third kappa shape index (κ3) is 4.95. The van der Waals surface area contributed by atoms with Crippen molar-refractivity contribution in [3.63, 3.8) is 0 Å². The summed E-state index contributed by atoms with van der Waals surface area (Å²) >= 11 is 0. The standard InChI is InChI=1S/C20H24N2O2.C11H8O3/c1-3-13-12-22-9-7-14(13)10-19(22)20(23)16-6-8-21-18-5-4-15(24-2)11-17(16)18;12-8-4-5-9-7(6-8)2-1-3-10(9)11(13)14/h3-6,8,11,13-14,19-20,23H,1,7,9-10,12H2,2H3;1-6,12H,(H,13,14)/t13-,14-,19+,20-;/m0./s1. The number of piperidine rings is 3. The Bertz CT molecular complexity index is 1490. The maximum Gasteiger partial charge on any atom is 0.336 e. The van der Waals surface area contributed by atoms with Crippen LogP contribution in [0.15, 0.2) is 79.5 Å². The number of phenols is 1. The van der Waals surface area contributed by atoms with Gasteiger partial charge in [-0.2, -0.15) is 0 Å². The van der Waals surface area contributed by atoms with Crippen molar-refractivity contribution < 1.29 is 24.9 Å². The molecule has 0 unspecified atom stereocenters. The Morgan fingerprint density at radius 1 is 1.16 bits per heavy atom. The maximum absolute atomic E-state index is 11.2. The molecule has 7 rings (SSSR count). The average molecular weight is 513 g/mol. The maximum atomic E-state index is 11.2. The third-order valence-corrected chi connectivity index (χ3v) is 7.91. The zero-order valence-electron chi connectivity index (χ0n) is 21.3. The highest BCUT2D eigenvalue weighted by Crippen LogP contribution is 2.42. The molecule has 5 atom stereocenters. The van der Waals surface area contributed by atoms with Gasteiger partial charge < -0.3 is 20.1 Å². The zero-order valence-corrected chi connectivity index (χ0v) is 21.3. The second-order valence-corrected chi connectivity index (χ2v) is 9.99. The van der Waals surface area contributed by atoms with Crippen LogP contribution < -0.4 is 4.74 Å². The van der Waals surface area contributed by atoms with Crippen LogP contribution in [0.5, 0.6) is 11.5 Å². The van der Waals surface area contributed by atoms with Crippen LogP contribution in [0.2, 0.25) is 0 Å². The number of nitrogens with zero attached hydrogens (tertiary/aromatic N) is 2. The first-order chi connectivity index (χ1) is 18.4. The molecule has 3 aromatic carbocycles. The predicted molar refractivity (Wildman–Crippen MR) is 148 cm³/mol. The van der Waals surface area contributed by atoms with Gasteiger partial charge in [0.05, 0.1) is 24.3 Å². The number of benzene rings is 3. The molecule has 4 heterocycles. The van der Waals surface area contributed by atoms with Crippen molar-refractivity contribution in [1.29, 1.82) is 0 Å². The number of carboxylic acids is 1. The number of pyridine rings is 1. The van der Waals surface area contributed by atoms with Gasteiger partial charge in [0.2, 0.25) is 0 Å². The number of ether oxygens (including phenoxy) is 1. The number of aliphatic hydroxyl groups excluding tert-OH is 1. The largest absolute Gasteiger partial charge is 0.508 e. The van der Waals surface area contributed by atoms with E-state index in [-0.39, 0.29) is 17.4 Å². The number of methoxy groups -OCH3 is 1. The van der Waals surface area contributed by atoms with Crippen LogP contribution in [0.4, 0.5) is 0 Å². The Labute approximate surface area is 221 Å². The van der Waals surface area contributed by atoms with Gasteiger partial charge in [-0.3, -0.25) is 9.88 Å². The van der Waals surface area contributed by atoms with Gasteiger partial charge >= 0.3 is 5.97 Å². The molecule has 7 heteroatoms. The first-order valence-corrected chi connectivity index (χ1v) is 12.8. The fourth-order valence-electron chi connectivity index (χ4n) is 5.90. The van der Waals surface area contributed by atoms with Gasteiger partial charge in [-0.05, 0) is 96.1 Å². The Balaban J connectivity index is 0.000000179. The SMILES string of the molecule is C=C[C@H]1C[N@]2CC[C@H]1C[C@@H]2[C@@H](O)c1ccnc2ccc(OC)cc12.O=C(O)c1cccc2cc(O)ccc12. The molecule has 0 amide bonds. The van der Waals surface area contributed by atoms with E-state index in [1.165, 1.54) is 12.5 Å². The van der Waals surface area contributed by atoms with E-state index in [1.54, 1.807) is 43.6 Å². The topological polar surface area (TPSA) is 103 Å². The van der Waals surface area contributed by atoms with E-state index in [4.69, 9.17) is 9.84 Å². The van der Waals surface area contributed by atoms with Crippen molar-refractivity contribution in [2.24, 2.45) is 11.8 Å². The van der Waals surface area contributed by atoms with Gasteiger partial charge in [-0.15, -0.1) is 6.58 Å². The number of phenolic OH excluding ortho intramolecular Hbond substituents is 1. The highest BCUT2D eigenvalue weighted by atomic mass is 16.5. The molecule has 0 spiro atoms. The normalized spacial score (nSPS) is 22.9. The lowest BCUT2D eigenvalue weighted by Crippen LogP contribution is -2.54. The molecular weight excluding hydrogens is 480 g/mol. The molecule has 3 aliphatic rings. The van der Waals surface area contributed by atoms with Gasteiger partial charge in [-0.1, -0.05) is 18.2 Å². The minimum Gasteiger partial charge on any atom is -0.508 e. The molecule has 0 aliphatic carbocycles. The highest BCUT2D eigenvalue weighted by molar-refractivity contribution is 6.03. The van der Waals surface area contributed by atoms with Crippen LogP contribution in [0.1, 0.15) is 34.9 Å². The fraction of sp³-hybridized carbons (Fsp3) is 0.290. The average Bonchev–Trinajstić information content (AvgIpc) is 2.96. The summed E-state index contributed by atoms with van der Waals surface area (Å²) in [6, 6.07) is 17.6. The molecule has 2 bridgehead atoms. The van der Waals surface area contributed by atoms with Gasteiger partial charge in [0.25, 0.3) is 0 Å². The molecule has 0 saturated carbocycles. The Morgan fingerprint density at radius 3 is 2.71 bits per heavy atom. The van der Waals surface area contributed by atoms with Crippen LogP contribution in [-0.4, -0.2) is 57.4 Å². The second-order valence-electron chi connectivity index (χ2n) is 9.99. The molecule has 7 nitrogen and oxygen atoms in total. The van der Waals surface area contributed by atoms with Crippen LogP contribution in [-0.2, 0) is 0 Å². The van der Waals surface area contributed by atoms with E-state index in [0.717, 1.165) is 47.1 Å². The quantitative estimate of drug-likeness (QED) is 0.307. The molecular formula is C31H32N2O5. The summed E-state index contributed by atoms with van der Waals surface area (Å²) in [6.07, 6.45) is 5.62. The highest BCUT2D eigenvalue weighted by Gasteiger charge is 2.42. The lowest BCUT2D eigenvalue weighted by molar-refractivity contribution is -0.0444. The van der Waals surface area contributed by atoms with Crippen LogP contribution in [0.25, 0.3) is 21.7 Å². The van der Waals surface area contributed by atoms with Crippen molar-refractivity contribution in [3.05, 3.63) is 90.6 Å². The van der Waals surface area contributed by atoms with E-state index in [9.17, 15) is 15.0 Å². The summed E-state index contributed by atoms with van der Waals surface area (Å²) in [5.74, 6) is 1.19. The smallest absolute Gasteiger partial charge is 0.336 e. The van der Waals surface area contributed by atoms with E-state index in [1.807, 2.05) is 24.3 Å². The van der Waals surface area contributed by atoms with Gasteiger partial charge in [0.15, 0.2) is 0 Å². The summed E-state index contributed by atoms with van der Waals surface area (Å²) in [7, 11) is 1.66. The minimum atomic E-state index is -0.957.